The highest BCUT2D eigenvalue weighted by atomic mass is 16.4. The van der Waals surface area contributed by atoms with Crippen LogP contribution in [0.2, 0.25) is 0 Å². The van der Waals surface area contributed by atoms with Gasteiger partial charge in [0, 0.05) is 12.6 Å². The summed E-state index contributed by atoms with van der Waals surface area (Å²) in [6.45, 7) is 6.43. The van der Waals surface area contributed by atoms with E-state index in [-0.39, 0.29) is 5.92 Å². The fraction of sp³-hybridized carbons (Fsp3) is 0.923. The Bertz CT molecular complexity index is 267. The van der Waals surface area contributed by atoms with Gasteiger partial charge in [-0.15, -0.1) is 0 Å². The molecule has 0 bridgehead atoms. The lowest BCUT2D eigenvalue weighted by Crippen LogP contribution is -2.43. The Kier molecular flexibility index (Phi) is 3.53. The first-order chi connectivity index (χ1) is 7.59. The van der Waals surface area contributed by atoms with E-state index in [1.54, 1.807) is 0 Å². The molecule has 2 rings (SSSR count). The Balaban J connectivity index is 1.95. The molecule has 2 fully saturated rings. The SMILES string of the molecule is CC1CCCC(N2CCC(C(=O)O)C2)C1C. The lowest BCUT2D eigenvalue weighted by Gasteiger charge is -2.39. The van der Waals surface area contributed by atoms with Crippen molar-refractivity contribution in [3.63, 3.8) is 0 Å². The molecule has 0 aromatic carbocycles. The largest absolute Gasteiger partial charge is 0.481 e. The van der Waals surface area contributed by atoms with E-state index in [0.717, 1.165) is 31.3 Å². The van der Waals surface area contributed by atoms with Gasteiger partial charge in [0.25, 0.3) is 0 Å². The molecule has 1 aliphatic heterocycles. The fourth-order valence-electron chi connectivity index (χ4n) is 3.36. The molecule has 16 heavy (non-hydrogen) atoms. The van der Waals surface area contributed by atoms with E-state index in [1.807, 2.05) is 0 Å². The number of carboxylic acids is 1. The standard InChI is InChI=1S/C13H23NO2/c1-9-4-3-5-12(10(9)2)14-7-6-11(8-14)13(15)16/h9-12H,3-8H2,1-2H3,(H,15,16). The summed E-state index contributed by atoms with van der Waals surface area (Å²) in [6, 6.07) is 0.632. The number of hydrogen-bond donors (Lipinski definition) is 1. The van der Waals surface area contributed by atoms with Crippen molar-refractivity contribution in [2.75, 3.05) is 13.1 Å². The zero-order valence-corrected chi connectivity index (χ0v) is 10.4. The molecule has 1 saturated heterocycles. The van der Waals surface area contributed by atoms with Crippen molar-refractivity contribution in [1.82, 2.24) is 4.90 Å². The Labute approximate surface area is 97.8 Å². The van der Waals surface area contributed by atoms with Crippen LogP contribution in [0.4, 0.5) is 0 Å². The Hall–Kier alpha value is -0.570. The summed E-state index contributed by atoms with van der Waals surface area (Å²) < 4.78 is 0. The molecule has 1 aliphatic carbocycles. The van der Waals surface area contributed by atoms with Crippen molar-refractivity contribution in [2.24, 2.45) is 17.8 Å². The van der Waals surface area contributed by atoms with Crippen molar-refractivity contribution in [3.8, 4) is 0 Å². The third kappa shape index (κ3) is 2.24. The van der Waals surface area contributed by atoms with E-state index >= 15 is 0 Å². The molecule has 0 amide bonds. The minimum absolute atomic E-state index is 0.121. The maximum Gasteiger partial charge on any atom is 0.307 e. The van der Waals surface area contributed by atoms with Gasteiger partial charge in [0.2, 0.25) is 0 Å². The highest BCUT2D eigenvalue weighted by molar-refractivity contribution is 5.70. The van der Waals surface area contributed by atoms with Gasteiger partial charge in [0.05, 0.1) is 5.92 Å². The van der Waals surface area contributed by atoms with Crippen LogP contribution in [0.1, 0.15) is 39.5 Å². The lowest BCUT2D eigenvalue weighted by molar-refractivity contribution is -0.141. The van der Waals surface area contributed by atoms with Crippen molar-refractivity contribution in [3.05, 3.63) is 0 Å². The van der Waals surface area contributed by atoms with Gasteiger partial charge in [0.15, 0.2) is 0 Å². The molecule has 1 N–H and O–H groups in total. The molecular formula is C13H23NO2. The van der Waals surface area contributed by atoms with E-state index < -0.39 is 5.97 Å². The van der Waals surface area contributed by atoms with Crippen LogP contribution in [0.3, 0.4) is 0 Å². The van der Waals surface area contributed by atoms with Crippen LogP contribution in [0.15, 0.2) is 0 Å². The van der Waals surface area contributed by atoms with Gasteiger partial charge >= 0.3 is 5.97 Å². The molecule has 0 aromatic heterocycles. The minimum atomic E-state index is -0.612. The summed E-state index contributed by atoms with van der Waals surface area (Å²) in [5.41, 5.74) is 0. The van der Waals surface area contributed by atoms with Crippen LogP contribution < -0.4 is 0 Å². The van der Waals surface area contributed by atoms with Gasteiger partial charge < -0.3 is 5.11 Å². The minimum Gasteiger partial charge on any atom is -0.481 e. The van der Waals surface area contributed by atoms with Crippen LogP contribution in [0.5, 0.6) is 0 Å². The first-order valence-corrected chi connectivity index (χ1v) is 6.56. The zero-order valence-electron chi connectivity index (χ0n) is 10.4. The molecule has 0 spiro atoms. The molecular weight excluding hydrogens is 202 g/mol. The van der Waals surface area contributed by atoms with E-state index in [2.05, 4.69) is 18.7 Å². The van der Waals surface area contributed by atoms with Crippen LogP contribution in [-0.4, -0.2) is 35.1 Å². The van der Waals surface area contributed by atoms with Crippen molar-refractivity contribution in [2.45, 2.75) is 45.6 Å². The fourth-order valence-corrected chi connectivity index (χ4v) is 3.36. The number of hydrogen-bond acceptors (Lipinski definition) is 2. The molecule has 1 heterocycles. The van der Waals surface area contributed by atoms with Crippen LogP contribution >= 0.6 is 0 Å². The topological polar surface area (TPSA) is 40.5 Å². The molecule has 4 atom stereocenters. The number of likely N-dealkylation sites (tertiary alicyclic amines) is 1. The molecule has 1 saturated carbocycles. The molecule has 4 unspecified atom stereocenters. The molecule has 3 heteroatoms. The molecule has 0 aromatic rings. The number of aliphatic carboxylic acids is 1. The van der Waals surface area contributed by atoms with Crippen LogP contribution in [0.25, 0.3) is 0 Å². The summed E-state index contributed by atoms with van der Waals surface area (Å²) in [6.07, 6.45) is 4.75. The quantitative estimate of drug-likeness (QED) is 0.783. The predicted octanol–water partition coefficient (Wildman–Crippen LogP) is 2.22. The van der Waals surface area contributed by atoms with Gasteiger partial charge in [-0.3, -0.25) is 9.69 Å². The van der Waals surface area contributed by atoms with Crippen LogP contribution in [0, 0.1) is 17.8 Å². The number of carbonyl (C=O) groups is 1. The van der Waals surface area contributed by atoms with E-state index in [0.29, 0.717) is 6.04 Å². The second-order valence-electron chi connectivity index (χ2n) is 5.65. The third-order valence-electron chi connectivity index (χ3n) is 4.70. The summed E-state index contributed by atoms with van der Waals surface area (Å²) >= 11 is 0. The first kappa shape index (κ1) is 11.9. The molecule has 3 nitrogen and oxygen atoms in total. The second kappa shape index (κ2) is 4.74. The average Bonchev–Trinajstić information content (AvgIpc) is 2.71. The van der Waals surface area contributed by atoms with Crippen molar-refractivity contribution in [1.29, 1.82) is 0 Å². The molecule has 92 valence electrons. The summed E-state index contributed by atoms with van der Waals surface area (Å²) in [5.74, 6) is 0.785. The normalized spacial score (nSPS) is 41.1. The van der Waals surface area contributed by atoms with Gasteiger partial charge in [-0.2, -0.15) is 0 Å². The average molecular weight is 225 g/mol. The van der Waals surface area contributed by atoms with Gasteiger partial charge in [0.1, 0.15) is 0 Å². The number of carboxylic acid groups (broad SMARTS) is 1. The highest BCUT2D eigenvalue weighted by Gasteiger charge is 2.37. The highest BCUT2D eigenvalue weighted by Crippen LogP contribution is 2.35. The second-order valence-corrected chi connectivity index (χ2v) is 5.65. The van der Waals surface area contributed by atoms with Crippen molar-refractivity contribution >= 4 is 5.97 Å². The Morgan fingerprint density at radius 2 is 2.00 bits per heavy atom. The Morgan fingerprint density at radius 1 is 1.25 bits per heavy atom. The lowest BCUT2D eigenvalue weighted by atomic mass is 9.77. The summed E-state index contributed by atoms with van der Waals surface area (Å²) in [4.78, 5) is 13.4. The number of rotatable bonds is 2. The first-order valence-electron chi connectivity index (χ1n) is 6.56. The molecule has 2 aliphatic rings. The maximum atomic E-state index is 10.9. The van der Waals surface area contributed by atoms with Gasteiger partial charge in [-0.1, -0.05) is 26.7 Å². The summed E-state index contributed by atoms with van der Waals surface area (Å²) in [7, 11) is 0. The smallest absolute Gasteiger partial charge is 0.307 e. The third-order valence-corrected chi connectivity index (χ3v) is 4.70. The summed E-state index contributed by atoms with van der Waals surface area (Å²) in [5, 5.41) is 9.02. The predicted molar refractivity (Wildman–Crippen MR) is 63.3 cm³/mol. The van der Waals surface area contributed by atoms with E-state index in [4.69, 9.17) is 5.11 Å². The maximum absolute atomic E-state index is 10.9. The molecule has 0 radical (unpaired) electrons. The van der Waals surface area contributed by atoms with Crippen LogP contribution in [-0.2, 0) is 4.79 Å². The zero-order chi connectivity index (χ0) is 11.7. The van der Waals surface area contributed by atoms with E-state index in [9.17, 15) is 4.79 Å². The van der Waals surface area contributed by atoms with Gasteiger partial charge in [-0.25, -0.2) is 0 Å². The monoisotopic (exact) mass is 225 g/mol. The van der Waals surface area contributed by atoms with Gasteiger partial charge in [-0.05, 0) is 31.2 Å². The van der Waals surface area contributed by atoms with Crippen molar-refractivity contribution < 1.29 is 9.90 Å². The number of nitrogens with zero attached hydrogens (tertiary/aromatic N) is 1. The Morgan fingerprint density at radius 3 is 2.62 bits per heavy atom. The van der Waals surface area contributed by atoms with E-state index in [1.165, 1.54) is 19.3 Å².